The molecule has 0 amide bonds. The van der Waals surface area contributed by atoms with Gasteiger partial charge in [0.15, 0.2) is 4.88 Å². The number of hydrogen-bond acceptors (Lipinski definition) is 7. The van der Waals surface area contributed by atoms with Crippen molar-refractivity contribution in [2.45, 2.75) is 33.8 Å². The molecule has 2 aromatic heterocycles. The van der Waals surface area contributed by atoms with Crippen LogP contribution < -0.4 is 5.63 Å². The zero-order chi connectivity index (χ0) is 17.3. The van der Waals surface area contributed by atoms with Crippen molar-refractivity contribution in [2.24, 2.45) is 0 Å². The minimum Gasteiger partial charge on any atom is -0.457 e. The molecule has 0 aliphatic heterocycles. The van der Waals surface area contributed by atoms with Crippen molar-refractivity contribution >= 4 is 28.5 Å². The Kier molecular flexibility index (Phi) is 4.44. The van der Waals surface area contributed by atoms with Crippen LogP contribution in [0.3, 0.4) is 0 Å². The number of fused-ring (bicyclic) bond motifs is 1. The number of benzene rings is 1. The zero-order valence-electron chi connectivity index (χ0n) is 13.6. The molecule has 0 spiro atoms. The molecule has 6 nitrogen and oxygen atoms in total. The Morgan fingerprint density at radius 1 is 1.25 bits per heavy atom. The molecule has 1 aromatic carbocycles. The van der Waals surface area contributed by atoms with Crippen molar-refractivity contribution in [1.82, 2.24) is 9.59 Å². The maximum atomic E-state index is 12.2. The Hall–Kier alpha value is -2.54. The summed E-state index contributed by atoms with van der Waals surface area (Å²) in [6.07, 6.45) is 0.608. The smallest absolute Gasteiger partial charge is 0.352 e. The second-order valence-electron chi connectivity index (χ2n) is 5.50. The monoisotopic (exact) mass is 344 g/mol. The van der Waals surface area contributed by atoms with Gasteiger partial charge in [-0.25, -0.2) is 9.59 Å². The fourth-order valence-corrected chi connectivity index (χ4v) is 3.05. The van der Waals surface area contributed by atoms with Gasteiger partial charge in [0.2, 0.25) is 0 Å². The third-order valence-corrected chi connectivity index (χ3v) is 4.63. The molecule has 0 bridgehead atoms. The minimum atomic E-state index is -0.480. The molecule has 0 radical (unpaired) electrons. The maximum Gasteiger partial charge on any atom is 0.352 e. The van der Waals surface area contributed by atoms with Gasteiger partial charge >= 0.3 is 11.6 Å². The van der Waals surface area contributed by atoms with E-state index in [2.05, 4.69) is 9.59 Å². The van der Waals surface area contributed by atoms with Crippen molar-refractivity contribution < 1.29 is 13.9 Å². The molecular weight excluding hydrogens is 328 g/mol. The van der Waals surface area contributed by atoms with Gasteiger partial charge in [0.25, 0.3) is 0 Å². The standard InChI is InChI=1S/C17H16N2O4S/c1-4-13-16(24-19-18-13)17(21)22-8-11-7-15(20)23-14-6-10(3)9(2)5-12(11)14/h5-7H,4,8H2,1-3H3. The molecule has 3 rings (SSSR count). The molecule has 124 valence electrons. The number of carbonyl (C=O) groups excluding carboxylic acids is 1. The maximum absolute atomic E-state index is 12.2. The summed E-state index contributed by atoms with van der Waals surface area (Å²) in [5.74, 6) is -0.480. The normalized spacial score (nSPS) is 11.0. The summed E-state index contributed by atoms with van der Waals surface area (Å²) in [6, 6.07) is 5.11. The summed E-state index contributed by atoms with van der Waals surface area (Å²) in [5.41, 5.74) is 3.37. The Bertz CT molecular complexity index is 974. The van der Waals surface area contributed by atoms with Crippen molar-refractivity contribution in [3.05, 3.63) is 55.9 Å². The highest BCUT2D eigenvalue weighted by molar-refractivity contribution is 7.07. The lowest BCUT2D eigenvalue weighted by Gasteiger charge is -2.09. The molecule has 0 atom stereocenters. The first-order chi connectivity index (χ1) is 11.5. The molecule has 0 fully saturated rings. The van der Waals surface area contributed by atoms with Gasteiger partial charge in [-0.15, -0.1) is 5.10 Å². The van der Waals surface area contributed by atoms with Gasteiger partial charge < -0.3 is 9.15 Å². The molecule has 2 heterocycles. The van der Waals surface area contributed by atoms with Crippen LogP contribution in [0.2, 0.25) is 0 Å². The number of aromatic nitrogens is 2. The van der Waals surface area contributed by atoms with Crippen LogP contribution in [0.1, 0.15) is 39.0 Å². The van der Waals surface area contributed by atoms with Crippen molar-refractivity contribution in [2.75, 3.05) is 0 Å². The fourth-order valence-electron chi connectivity index (χ4n) is 2.41. The van der Waals surface area contributed by atoms with E-state index in [0.717, 1.165) is 28.0 Å². The van der Waals surface area contributed by atoms with E-state index < -0.39 is 11.6 Å². The highest BCUT2D eigenvalue weighted by Gasteiger charge is 2.17. The molecule has 0 unspecified atom stereocenters. The predicted molar refractivity (Wildman–Crippen MR) is 90.4 cm³/mol. The zero-order valence-corrected chi connectivity index (χ0v) is 14.4. The molecule has 0 aliphatic carbocycles. The number of ether oxygens (including phenoxy) is 1. The largest absolute Gasteiger partial charge is 0.457 e. The van der Waals surface area contributed by atoms with Gasteiger partial charge in [-0.05, 0) is 55.1 Å². The Labute approximate surface area is 142 Å². The first-order valence-corrected chi connectivity index (χ1v) is 8.29. The number of nitrogens with zero attached hydrogens (tertiary/aromatic N) is 2. The van der Waals surface area contributed by atoms with Gasteiger partial charge in [-0.3, -0.25) is 0 Å². The van der Waals surface area contributed by atoms with E-state index in [9.17, 15) is 9.59 Å². The van der Waals surface area contributed by atoms with E-state index in [1.54, 1.807) is 0 Å². The average molecular weight is 344 g/mol. The van der Waals surface area contributed by atoms with Gasteiger partial charge in [0.1, 0.15) is 12.2 Å². The third-order valence-electron chi connectivity index (χ3n) is 3.88. The second kappa shape index (κ2) is 6.52. The molecule has 0 aliphatic rings. The Balaban J connectivity index is 1.91. The lowest BCUT2D eigenvalue weighted by molar-refractivity contribution is 0.0478. The third kappa shape index (κ3) is 3.07. The topological polar surface area (TPSA) is 82.3 Å². The second-order valence-corrected chi connectivity index (χ2v) is 6.26. The van der Waals surface area contributed by atoms with Crippen LogP contribution in [0.5, 0.6) is 0 Å². The highest BCUT2D eigenvalue weighted by Crippen LogP contribution is 2.23. The minimum absolute atomic E-state index is 0.00944. The summed E-state index contributed by atoms with van der Waals surface area (Å²) in [5, 5.41) is 4.67. The van der Waals surface area contributed by atoms with Crippen LogP contribution >= 0.6 is 11.5 Å². The fraction of sp³-hybridized carbons (Fsp3) is 0.294. The predicted octanol–water partition coefficient (Wildman–Crippen LogP) is 3.18. The van der Waals surface area contributed by atoms with E-state index in [0.29, 0.717) is 28.1 Å². The van der Waals surface area contributed by atoms with Gasteiger partial charge in [0, 0.05) is 17.0 Å². The van der Waals surface area contributed by atoms with Crippen LogP contribution in [0.15, 0.2) is 27.4 Å². The van der Waals surface area contributed by atoms with Crippen LogP contribution in [-0.2, 0) is 17.8 Å². The summed E-state index contributed by atoms with van der Waals surface area (Å²) >= 11 is 1.01. The van der Waals surface area contributed by atoms with Crippen molar-refractivity contribution in [1.29, 1.82) is 0 Å². The van der Waals surface area contributed by atoms with Gasteiger partial charge in [-0.2, -0.15) is 0 Å². The van der Waals surface area contributed by atoms with E-state index in [4.69, 9.17) is 9.15 Å². The highest BCUT2D eigenvalue weighted by atomic mass is 32.1. The molecular formula is C17H16N2O4S. The number of esters is 1. The molecule has 3 aromatic rings. The molecule has 0 saturated heterocycles. The quantitative estimate of drug-likeness (QED) is 0.534. The average Bonchev–Trinajstić information content (AvgIpc) is 3.02. The summed E-state index contributed by atoms with van der Waals surface area (Å²) < 4.78 is 14.4. The van der Waals surface area contributed by atoms with Gasteiger partial charge in [-0.1, -0.05) is 11.4 Å². The number of aryl methyl sites for hydroxylation is 3. The molecule has 0 N–H and O–H groups in total. The lowest BCUT2D eigenvalue weighted by atomic mass is 10.0. The Morgan fingerprint density at radius 2 is 2.00 bits per heavy atom. The SMILES string of the molecule is CCc1nnsc1C(=O)OCc1cc(=O)oc2cc(C)c(C)cc12. The number of hydrogen-bond donors (Lipinski definition) is 0. The van der Waals surface area contributed by atoms with Crippen LogP contribution in [0.25, 0.3) is 11.0 Å². The van der Waals surface area contributed by atoms with Crippen LogP contribution in [-0.4, -0.2) is 15.6 Å². The first kappa shape index (κ1) is 16.3. The van der Waals surface area contributed by atoms with E-state index in [1.165, 1.54) is 6.07 Å². The van der Waals surface area contributed by atoms with E-state index in [1.807, 2.05) is 32.9 Å². The number of rotatable bonds is 4. The van der Waals surface area contributed by atoms with Gasteiger partial charge in [0.05, 0.1) is 5.69 Å². The molecule has 24 heavy (non-hydrogen) atoms. The molecule has 0 saturated carbocycles. The molecule has 7 heteroatoms. The summed E-state index contributed by atoms with van der Waals surface area (Å²) in [6.45, 7) is 5.82. The summed E-state index contributed by atoms with van der Waals surface area (Å²) in [4.78, 5) is 24.4. The van der Waals surface area contributed by atoms with Crippen molar-refractivity contribution in [3.8, 4) is 0 Å². The van der Waals surface area contributed by atoms with Crippen LogP contribution in [0.4, 0.5) is 0 Å². The van der Waals surface area contributed by atoms with E-state index in [-0.39, 0.29) is 6.61 Å². The van der Waals surface area contributed by atoms with Crippen LogP contribution in [0, 0.1) is 13.8 Å². The van der Waals surface area contributed by atoms with Crippen molar-refractivity contribution in [3.63, 3.8) is 0 Å². The first-order valence-electron chi connectivity index (χ1n) is 7.52. The summed E-state index contributed by atoms with van der Waals surface area (Å²) in [7, 11) is 0. The number of carbonyl (C=O) groups is 1. The lowest BCUT2D eigenvalue weighted by Crippen LogP contribution is -2.08. The Morgan fingerprint density at radius 3 is 2.75 bits per heavy atom. The van der Waals surface area contributed by atoms with E-state index >= 15 is 0 Å².